The van der Waals surface area contributed by atoms with Gasteiger partial charge in [0.05, 0.1) is 13.7 Å². The van der Waals surface area contributed by atoms with E-state index in [1.807, 2.05) is 0 Å². The van der Waals surface area contributed by atoms with Crippen LogP contribution in [0, 0.1) is 6.92 Å². The second-order valence-corrected chi connectivity index (χ2v) is 6.34. The SMILES string of the molecule is CCOC(=O)c1c(C)oc2ncn(Cc3nnc(-c4ccc(OC)cc4)o3)c(=O)c12. The number of ether oxygens (including phenoxy) is 2. The van der Waals surface area contributed by atoms with Crippen molar-refractivity contribution < 1.29 is 23.1 Å². The largest absolute Gasteiger partial charge is 0.497 e. The summed E-state index contributed by atoms with van der Waals surface area (Å²) in [6, 6.07) is 7.13. The first-order chi connectivity index (χ1) is 14.5. The lowest BCUT2D eigenvalue weighted by molar-refractivity contribution is 0.0526. The van der Waals surface area contributed by atoms with Crippen molar-refractivity contribution in [2.75, 3.05) is 13.7 Å². The minimum absolute atomic E-state index is 0.0164. The number of rotatable bonds is 6. The van der Waals surface area contributed by atoms with Crippen LogP contribution in [0.3, 0.4) is 0 Å². The van der Waals surface area contributed by atoms with Crippen molar-refractivity contribution >= 4 is 17.1 Å². The Morgan fingerprint density at radius 3 is 2.63 bits per heavy atom. The smallest absolute Gasteiger partial charge is 0.342 e. The van der Waals surface area contributed by atoms with Gasteiger partial charge in [-0.1, -0.05) is 0 Å². The Bertz CT molecular complexity index is 1270. The van der Waals surface area contributed by atoms with Gasteiger partial charge >= 0.3 is 5.97 Å². The molecule has 0 unspecified atom stereocenters. The Kier molecular flexibility index (Phi) is 5.05. The predicted octanol–water partition coefficient (Wildman–Crippen LogP) is 2.58. The first-order valence-corrected chi connectivity index (χ1v) is 9.14. The van der Waals surface area contributed by atoms with E-state index in [-0.39, 0.29) is 41.5 Å². The van der Waals surface area contributed by atoms with E-state index in [0.29, 0.717) is 17.2 Å². The van der Waals surface area contributed by atoms with Crippen molar-refractivity contribution in [1.82, 2.24) is 19.7 Å². The zero-order chi connectivity index (χ0) is 21.3. The number of carbonyl (C=O) groups excluding carboxylic acids is 1. The first-order valence-electron chi connectivity index (χ1n) is 9.14. The van der Waals surface area contributed by atoms with Crippen LogP contribution in [0.2, 0.25) is 0 Å². The average Bonchev–Trinajstić information content (AvgIpc) is 3.34. The third-order valence-corrected chi connectivity index (χ3v) is 4.44. The lowest BCUT2D eigenvalue weighted by Gasteiger charge is -2.03. The molecular formula is C20H18N4O6. The minimum Gasteiger partial charge on any atom is -0.497 e. The van der Waals surface area contributed by atoms with Gasteiger partial charge in [-0.3, -0.25) is 9.36 Å². The van der Waals surface area contributed by atoms with Gasteiger partial charge in [-0.25, -0.2) is 9.78 Å². The van der Waals surface area contributed by atoms with Gasteiger partial charge in [-0.15, -0.1) is 10.2 Å². The van der Waals surface area contributed by atoms with E-state index in [2.05, 4.69) is 15.2 Å². The maximum absolute atomic E-state index is 13.0. The second kappa shape index (κ2) is 7.82. The number of carbonyl (C=O) groups is 1. The Balaban J connectivity index is 1.67. The lowest BCUT2D eigenvalue weighted by Crippen LogP contribution is -2.22. The zero-order valence-electron chi connectivity index (χ0n) is 16.5. The lowest BCUT2D eigenvalue weighted by atomic mass is 10.2. The summed E-state index contributed by atoms with van der Waals surface area (Å²) in [5, 5.41) is 8.07. The molecule has 0 atom stereocenters. The van der Waals surface area contributed by atoms with Crippen molar-refractivity contribution in [3.63, 3.8) is 0 Å². The molecule has 0 aliphatic rings. The van der Waals surface area contributed by atoms with E-state index in [4.69, 9.17) is 18.3 Å². The molecule has 10 heteroatoms. The molecule has 0 saturated carbocycles. The summed E-state index contributed by atoms with van der Waals surface area (Å²) in [4.78, 5) is 29.4. The number of fused-ring (bicyclic) bond motifs is 1. The van der Waals surface area contributed by atoms with Gasteiger partial charge in [-0.2, -0.15) is 0 Å². The highest BCUT2D eigenvalue weighted by Crippen LogP contribution is 2.23. The number of benzene rings is 1. The third-order valence-electron chi connectivity index (χ3n) is 4.44. The van der Waals surface area contributed by atoms with Crippen LogP contribution >= 0.6 is 0 Å². The molecule has 0 N–H and O–H groups in total. The quantitative estimate of drug-likeness (QED) is 0.441. The van der Waals surface area contributed by atoms with Crippen molar-refractivity contribution in [2.24, 2.45) is 0 Å². The van der Waals surface area contributed by atoms with Gasteiger partial charge in [-0.05, 0) is 38.1 Å². The van der Waals surface area contributed by atoms with Crippen molar-refractivity contribution in [1.29, 1.82) is 0 Å². The highest BCUT2D eigenvalue weighted by Gasteiger charge is 2.24. The maximum atomic E-state index is 13.0. The molecule has 3 aromatic heterocycles. The number of aromatic nitrogens is 4. The van der Waals surface area contributed by atoms with E-state index >= 15 is 0 Å². The molecule has 10 nitrogen and oxygen atoms in total. The molecule has 4 aromatic rings. The molecule has 0 spiro atoms. The topological polar surface area (TPSA) is 122 Å². The Hall–Kier alpha value is -3.95. The molecule has 1 aromatic carbocycles. The highest BCUT2D eigenvalue weighted by molar-refractivity contribution is 6.03. The molecule has 0 fully saturated rings. The van der Waals surface area contributed by atoms with Crippen LogP contribution in [0.1, 0.15) is 28.9 Å². The molecule has 0 saturated heterocycles. The summed E-state index contributed by atoms with van der Waals surface area (Å²) in [5.74, 6) is 0.857. The molecule has 0 radical (unpaired) electrons. The second-order valence-electron chi connectivity index (χ2n) is 6.34. The van der Waals surface area contributed by atoms with Gasteiger partial charge in [0.15, 0.2) is 0 Å². The van der Waals surface area contributed by atoms with Crippen LogP contribution in [0.15, 0.2) is 44.2 Å². The van der Waals surface area contributed by atoms with Gasteiger partial charge in [0.25, 0.3) is 5.56 Å². The maximum Gasteiger partial charge on any atom is 0.342 e. The van der Waals surface area contributed by atoms with Gasteiger partial charge in [0.1, 0.15) is 35.3 Å². The third kappa shape index (κ3) is 3.43. The number of hydrogen-bond acceptors (Lipinski definition) is 9. The van der Waals surface area contributed by atoms with E-state index in [0.717, 1.165) is 0 Å². The summed E-state index contributed by atoms with van der Waals surface area (Å²) < 4.78 is 22.5. The van der Waals surface area contributed by atoms with E-state index in [9.17, 15) is 9.59 Å². The number of aryl methyl sites for hydroxylation is 1. The number of hydrogen-bond donors (Lipinski definition) is 0. The Morgan fingerprint density at radius 2 is 1.93 bits per heavy atom. The van der Waals surface area contributed by atoms with Crippen LogP contribution < -0.4 is 10.3 Å². The fraction of sp³-hybridized carbons (Fsp3) is 0.250. The van der Waals surface area contributed by atoms with Gasteiger partial charge < -0.3 is 18.3 Å². The Labute approximate surface area is 170 Å². The number of esters is 1. The number of furan rings is 1. The van der Waals surface area contributed by atoms with Crippen LogP contribution in [-0.4, -0.2) is 39.4 Å². The monoisotopic (exact) mass is 410 g/mol. The minimum atomic E-state index is -0.634. The van der Waals surface area contributed by atoms with E-state index in [1.54, 1.807) is 45.2 Å². The summed E-state index contributed by atoms with van der Waals surface area (Å²) >= 11 is 0. The number of nitrogens with zero attached hydrogens (tertiary/aromatic N) is 4. The molecule has 154 valence electrons. The molecular weight excluding hydrogens is 392 g/mol. The van der Waals surface area contributed by atoms with E-state index < -0.39 is 11.5 Å². The molecule has 0 amide bonds. The van der Waals surface area contributed by atoms with Crippen LogP contribution in [0.25, 0.3) is 22.6 Å². The van der Waals surface area contributed by atoms with Crippen LogP contribution in [-0.2, 0) is 11.3 Å². The van der Waals surface area contributed by atoms with Crippen molar-refractivity contribution in [3.05, 3.63) is 58.2 Å². The average molecular weight is 410 g/mol. The van der Waals surface area contributed by atoms with Crippen molar-refractivity contribution in [2.45, 2.75) is 20.4 Å². The van der Waals surface area contributed by atoms with Crippen LogP contribution in [0.5, 0.6) is 5.75 Å². The molecule has 0 bridgehead atoms. The summed E-state index contributed by atoms with van der Waals surface area (Å²) in [5.41, 5.74) is 0.388. The van der Waals surface area contributed by atoms with E-state index in [1.165, 1.54) is 10.9 Å². The summed E-state index contributed by atoms with van der Waals surface area (Å²) in [7, 11) is 1.58. The normalized spacial score (nSPS) is 11.0. The summed E-state index contributed by atoms with van der Waals surface area (Å²) in [6.07, 6.45) is 1.31. The fourth-order valence-corrected chi connectivity index (χ4v) is 3.01. The van der Waals surface area contributed by atoms with Crippen molar-refractivity contribution in [3.8, 4) is 17.2 Å². The van der Waals surface area contributed by atoms with Crippen LogP contribution in [0.4, 0.5) is 0 Å². The predicted molar refractivity (Wildman–Crippen MR) is 104 cm³/mol. The first kappa shape index (κ1) is 19.4. The number of methoxy groups -OCH3 is 1. The zero-order valence-corrected chi connectivity index (χ0v) is 16.5. The molecule has 4 rings (SSSR count). The standard InChI is InChI=1S/C20H18N4O6/c1-4-28-20(26)15-11(2)29-18-16(15)19(25)24(10-21-18)9-14-22-23-17(30-14)12-5-7-13(27-3)8-6-12/h5-8,10H,4,9H2,1-3H3. The highest BCUT2D eigenvalue weighted by atomic mass is 16.5. The van der Waals surface area contributed by atoms with Gasteiger partial charge in [0.2, 0.25) is 17.5 Å². The Morgan fingerprint density at radius 1 is 1.17 bits per heavy atom. The molecule has 30 heavy (non-hydrogen) atoms. The van der Waals surface area contributed by atoms with Gasteiger partial charge in [0, 0.05) is 5.56 Å². The molecule has 0 aliphatic carbocycles. The molecule has 3 heterocycles. The fourth-order valence-electron chi connectivity index (χ4n) is 3.01. The summed E-state index contributed by atoms with van der Waals surface area (Å²) in [6.45, 7) is 3.42. The molecule has 0 aliphatic heterocycles.